The fourth-order valence-corrected chi connectivity index (χ4v) is 5.33. The van der Waals surface area contributed by atoms with Crippen LogP contribution in [0.4, 0.5) is 5.69 Å². The fraction of sp³-hybridized carbons (Fsp3) is 0.208. The van der Waals surface area contributed by atoms with Crippen molar-refractivity contribution in [3.63, 3.8) is 0 Å². The smallest absolute Gasteiger partial charge is 0.264 e. The number of halogens is 2. The summed E-state index contributed by atoms with van der Waals surface area (Å²) in [6.45, 7) is 1.78. The number of carbonyl (C=O) groups is 1. The lowest BCUT2D eigenvalue weighted by Gasteiger charge is -2.27. The molecule has 1 unspecified atom stereocenters. The number of nitrogens with zero attached hydrogens (tertiary/aromatic N) is 1. The average molecular weight is 521 g/mol. The molecule has 0 radical (unpaired) electrons. The summed E-state index contributed by atoms with van der Waals surface area (Å²) in [5.74, 6) is 0.706. The summed E-state index contributed by atoms with van der Waals surface area (Å²) in [5.41, 5.74) is 1.09. The Morgan fingerprint density at radius 2 is 1.68 bits per heavy atom. The number of hydrogen-bond donors (Lipinski definition) is 1. The Kier molecular flexibility index (Phi) is 7.21. The summed E-state index contributed by atoms with van der Waals surface area (Å²) in [5, 5.41) is 3.23. The molecule has 0 aliphatic carbocycles. The van der Waals surface area contributed by atoms with Gasteiger partial charge in [-0.25, -0.2) is 8.42 Å². The maximum atomic E-state index is 13.5. The number of para-hydroxylation sites is 2. The van der Waals surface area contributed by atoms with Crippen molar-refractivity contribution in [2.45, 2.75) is 17.9 Å². The molecule has 0 bridgehead atoms. The van der Waals surface area contributed by atoms with Gasteiger partial charge in [0.25, 0.3) is 10.0 Å². The van der Waals surface area contributed by atoms with Crippen LogP contribution in [0.1, 0.15) is 5.56 Å². The van der Waals surface area contributed by atoms with Crippen LogP contribution in [0.3, 0.4) is 0 Å². The van der Waals surface area contributed by atoms with Gasteiger partial charge in [-0.2, -0.15) is 0 Å². The van der Waals surface area contributed by atoms with Crippen molar-refractivity contribution in [2.75, 3.05) is 24.0 Å². The maximum Gasteiger partial charge on any atom is 0.264 e. The Morgan fingerprint density at radius 1 is 1.03 bits per heavy atom. The highest BCUT2D eigenvalue weighted by Crippen LogP contribution is 2.31. The highest BCUT2D eigenvalue weighted by molar-refractivity contribution is 7.92. The first kappa shape index (κ1) is 24.2. The van der Waals surface area contributed by atoms with E-state index in [9.17, 15) is 13.2 Å². The molecule has 3 aromatic rings. The first-order valence-electron chi connectivity index (χ1n) is 10.4. The molecule has 1 amide bonds. The Balaban J connectivity index is 1.52. The lowest BCUT2D eigenvalue weighted by molar-refractivity contribution is -0.120. The molecule has 0 aromatic heterocycles. The Bertz CT molecular complexity index is 1280. The first-order valence-corrected chi connectivity index (χ1v) is 12.6. The molecule has 0 fully saturated rings. The third-order valence-corrected chi connectivity index (χ3v) is 7.35. The molecule has 0 saturated carbocycles. The zero-order valence-corrected chi connectivity index (χ0v) is 20.5. The van der Waals surface area contributed by atoms with Crippen LogP contribution in [0.15, 0.2) is 71.6 Å². The fourth-order valence-electron chi connectivity index (χ4n) is 3.41. The molecule has 1 heterocycles. The summed E-state index contributed by atoms with van der Waals surface area (Å²) in [7, 11) is -4.08. The molecule has 1 aliphatic heterocycles. The van der Waals surface area contributed by atoms with E-state index in [1.54, 1.807) is 24.3 Å². The molecule has 4 rings (SSSR count). The van der Waals surface area contributed by atoms with Crippen LogP contribution in [0.2, 0.25) is 10.0 Å². The Labute approximate surface area is 208 Å². The molecule has 178 valence electrons. The molecule has 10 heteroatoms. The molecular formula is C24H22Cl2N2O5S. The summed E-state index contributed by atoms with van der Waals surface area (Å²) in [6, 6.07) is 18.0. The number of fused-ring (bicyclic) bond motifs is 1. The van der Waals surface area contributed by atoms with Gasteiger partial charge in [0.15, 0.2) is 11.5 Å². The van der Waals surface area contributed by atoms with E-state index in [2.05, 4.69) is 5.32 Å². The van der Waals surface area contributed by atoms with Crippen molar-refractivity contribution < 1.29 is 22.7 Å². The zero-order valence-electron chi connectivity index (χ0n) is 18.2. The normalized spacial score (nSPS) is 15.0. The van der Waals surface area contributed by atoms with E-state index in [1.807, 2.05) is 19.1 Å². The number of ether oxygens (including phenoxy) is 2. The number of benzene rings is 3. The van der Waals surface area contributed by atoms with E-state index in [0.29, 0.717) is 11.5 Å². The van der Waals surface area contributed by atoms with Crippen LogP contribution in [-0.2, 0) is 14.8 Å². The number of nitrogens with one attached hydrogen (secondary N) is 1. The van der Waals surface area contributed by atoms with Crippen LogP contribution in [-0.4, -0.2) is 40.1 Å². The van der Waals surface area contributed by atoms with E-state index in [1.165, 1.54) is 30.3 Å². The zero-order chi connectivity index (χ0) is 24.3. The Hall–Kier alpha value is -2.94. The number of anilines is 1. The van der Waals surface area contributed by atoms with Gasteiger partial charge in [-0.3, -0.25) is 9.10 Å². The molecule has 1 N–H and O–H groups in total. The highest BCUT2D eigenvalue weighted by Gasteiger charge is 2.28. The van der Waals surface area contributed by atoms with E-state index in [0.717, 1.165) is 9.87 Å². The van der Waals surface area contributed by atoms with Crippen LogP contribution in [0, 0.1) is 6.92 Å². The van der Waals surface area contributed by atoms with Gasteiger partial charge in [0.2, 0.25) is 5.91 Å². The number of sulfonamides is 1. The van der Waals surface area contributed by atoms with Crippen molar-refractivity contribution in [3.05, 3.63) is 82.3 Å². The second-order valence-corrected chi connectivity index (χ2v) is 10.5. The molecule has 1 atom stereocenters. The van der Waals surface area contributed by atoms with Gasteiger partial charge in [-0.05, 0) is 49.4 Å². The van der Waals surface area contributed by atoms with Gasteiger partial charge in [0.05, 0.1) is 17.1 Å². The number of aryl methyl sites for hydroxylation is 1. The standard InChI is InChI=1S/C24H22Cl2N2O5S/c1-16-6-8-21(9-7-16)34(30,31)28(19-11-17(25)10-18(26)12-19)14-24(29)27-13-20-15-32-22-4-2-3-5-23(22)33-20/h2-12,20H,13-15H2,1H3,(H,27,29). The van der Waals surface area contributed by atoms with E-state index in [4.69, 9.17) is 32.7 Å². The molecule has 0 spiro atoms. The topological polar surface area (TPSA) is 84.9 Å². The van der Waals surface area contributed by atoms with Crippen molar-refractivity contribution in [2.24, 2.45) is 0 Å². The molecule has 3 aromatic carbocycles. The Morgan fingerprint density at radius 3 is 2.35 bits per heavy atom. The highest BCUT2D eigenvalue weighted by atomic mass is 35.5. The summed E-state index contributed by atoms with van der Waals surface area (Å²) in [4.78, 5) is 12.9. The summed E-state index contributed by atoms with van der Waals surface area (Å²) < 4.78 is 39.4. The average Bonchev–Trinajstić information content (AvgIpc) is 2.80. The van der Waals surface area contributed by atoms with Gasteiger partial charge in [-0.15, -0.1) is 0 Å². The summed E-state index contributed by atoms with van der Waals surface area (Å²) >= 11 is 12.2. The number of carbonyl (C=O) groups excluding carboxylic acids is 1. The molecule has 1 aliphatic rings. The van der Waals surface area contributed by atoms with Gasteiger partial charge in [0, 0.05) is 10.0 Å². The van der Waals surface area contributed by atoms with Crippen LogP contribution in [0.25, 0.3) is 0 Å². The van der Waals surface area contributed by atoms with Crippen molar-refractivity contribution in [3.8, 4) is 11.5 Å². The van der Waals surface area contributed by atoms with Gasteiger partial charge in [-0.1, -0.05) is 53.0 Å². The lowest BCUT2D eigenvalue weighted by Crippen LogP contribution is -2.45. The van der Waals surface area contributed by atoms with Crippen LogP contribution >= 0.6 is 23.2 Å². The van der Waals surface area contributed by atoms with Gasteiger partial charge in [0.1, 0.15) is 19.3 Å². The quantitative estimate of drug-likeness (QED) is 0.497. The van der Waals surface area contributed by atoms with Crippen LogP contribution < -0.4 is 19.1 Å². The third-order valence-electron chi connectivity index (χ3n) is 5.13. The molecule has 7 nitrogen and oxygen atoms in total. The van der Waals surface area contributed by atoms with Crippen molar-refractivity contribution in [1.82, 2.24) is 5.32 Å². The minimum absolute atomic E-state index is 0.0441. The SMILES string of the molecule is Cc1ccc(S(=O)(=O)N(CC(=O)NCC2COc3ccccc3O2)c2cc(Cl)cc(Cl)c2)cc1. The molecule has 0 saturated heterocycles. The number of rotatable bonds is 7. The first-order chi connectivity index (χ1) is 16.2. The molecule has 34 heavy (non-hydrogen) atoms. The number of amides is 1. The predicted octanol–water partition coefficient (Wildman–Crippen LogP) is 4.45. The third kappa shape index (κ3) is 5.58. The predicted molar refractivity (Wildman–Crippen MR) is 132 cm³/mol. The van der Waals surface area contributed by atoms with Gasteiger partial charge >= 0.3 is 0 Å². The van der Waals surface area contributed by atoms with Crippen molar-refractivity contribution >= 4 is 44.8 Å². The lowest BCUT2D eigenvalue weighted by atomic mass is 10.2. The van der Waals surface area contributed by atoms with E-state index >= 15 is 0 Å². The van der Waals surface area contributed by atoms with Gasteiger partial charge < -0.3 is 14.8 Å². The minimum atomic E-state index is -4.08. The van der Waals surface area contributed by atoms with Crippen LogP contribution in [0.5, 0.6) is 11.5 Å². The minimum Gasteiger partial charge on any atom is -0.486 e. The van der Waals surface area contributed by atoms with E-state index in [-0.39, 0.29) is 33.8 Å². The number of hydrogen-bond acceptors (Lipinski definition) is 5. The second kappa shape index (κ2) is 10.1. The van der Waals surface area contributed by atoms with Crippen molar-refractivity contribution in [1.29, 1.82) is 0 Å². The largest absolute Gasteiger partial charge is 0.486 e. The second-order valence-electron chi connectivity index (χ2n) is 7.75. The monoisotopic (exact) mass is 520 g/mol. The van der Waals surface area contributed by atoms with E-state index < -0.39 is 28.6 Å². The maximum absolute atomic E-state index is 13.5. The summed E-state index contributed by atoms with van der Waals surface area (Å²) in [6.07, 6.45) is -0.415. The molecular weight excluding hydrogens is 499 g/mol.